The highest BCUT2D eigenvalue weighted by Crippen LogP contribution is 2.57. The maximum Gasteiger partial charge on any atom is 0.514 e. The van der Waals surface area contributed by atoms with Gasteiger partial charge in [0, 0.05) is 39.6 Å². The summed E-state index contributed by atoms with van der Waals surface area (Å²) < 4.78 is 39.1. The fraction of sp³-hybridized carbons (Fsp3) is 0.970. The second-order valence-electron chi connectivity index (χ2n) is 11.7. The van der Waals surface area contributed by atoms with Gasteiger partial charge in [0.1, 0.15) is 0 Å². The molecule has 0 saturated carbocycles. The van der Waals surface area contributed by atoms with E-state index in [0.717, 1.165) is 38.5 Å². The average Bonchev–Trinajstić information content (AvgIpc) is 2.96. The van der Waals surface area contributed by atoms with E-state index in [0.29, 0.717) is 52.5 Å². The third-order valence-corrected chi connectivity index (χ3v) is 16.1. The molecule has 2 atom stereocenters. The number of ketones is 1. The van der Waals surface area contributed by atoms with Gasteiger partial charge in [-0.3, -0.25) is 4.79 Å². The topological polar surface area (TPSA) is 72.5 Å². The normalized spacial score (nSPS) is 15.5. The van der Waals surface area contributed by atoms with Gasteiger partial charge in [0.2, 0.25) is 0 Å². The quantitative estimate of drug-likeness (QED) is 0.0575. The zero-order chi connectivity index (χ0) is 32.0. The summed E-state index contributed by atoms with van der Waals surface area (Å²) in [6.07, 6.45) is 14.9. The monoisotopic (exact) mass is 634 g/mol. The standard InChI is InChI=1S/C33H70O7Si2/c1-11-19-21-23-25-27-29-32(9,41(35-13-3,36-14-4)37-15-5)31(34)33(10,30-28-26-24-22-20-12-2)42(38-16-6,39-17-7)40-18-8/h11-30H2,1-10H3. The summed E-state index contributed by atoms with van der Waals surface area (Å²) in [6, 6.07) is 0. The zero-order valence-electron chi connectivity index (χ0n) is 29.5. The number of unbranched alkanes of at least 4 members (excludes halogenated alkanes) is 10. The predicted octanol–water partition coefficient (Wildman–Crippen LogP) is 9.67. The van der Waals surface area contributed by atoms with Crippen molar-refractivity contribution in [1.82, 2.24) is 0 Å². The van der Waals surface area contributed by atoms with E-state index >= 15 is 4.79 Å². The lowest BCUT2D eigenvalue weighted by atomic mass is 9.86. The molecule has 7 nitrogen and oxygen atoms in total. The zero-order valence-corrected chi connectivity index (χ0v) is 31.5. The minimum atomic E-state index is -3.50. The predicted molar refractivity (Wildman–Crippen MR) is 179 cm³/mol. The molecule has 0 aliphatic carbocycles. The third-order valence-electron chi connectivity index (χ3n) is 8.42. The Morgan fingerprint density at radius 1 is 0.429 bits per heavy atom. The van der Waals surface area contributed by atoms with E-state index < -0.39 is 27.7 Å². The van der Waals surface area contributed by atoms with Crippen LogP contribution in [0, 0.1) is 0 Å². The maximum absolute atomic E-state index is 15.6. The van der Waals surface area contributed by atoms with Crippen molar-refractivity contribution in [2.24, 2.45) is 0 Å². The van der Waals surface area contributed by atoms with E-state index in [1.165, 1.54) is 38.5 Å². The van der Waals surface area contributed by atoms with E-state index in [1.54, 1.807) is 0 Å². The number of hydrogen-bond donors (Lipinski definition) is 0. The van der Waals surface area contributed by atoms with Gasteiger partial charge in [0.25, 0.3) is 0 Å². The molecule has 0 spiro atoms. The molecule has 0 bridgehead atoms. The Morgan fingerprint density at radius 2 is 0.667 bits per heavy atom. The van der Waals surface area contributed by atoms with Gasteiger partial charge in [-0.2, -0.15) is 0 Å². The third kappa shape index (κ3) is 11.7. The lowest BCUT2D eigenvalue weighted by molar-refractivity contribution is -0.130. The molecule has 0 rings (SSSR count). The first-order chi connectivity index (χ1) is 20.1. The van der Waals surface area contributed by atoms with Crippen molar-refractivity contribution >= 4 is 23.4 Å². The molecule has 0 aliphatic heterocycles. The highest BCUT2D eigenvalue weighted by Gasteiger charge is 2.71. The highest BCUT2D eigenvalue weighted by molar-refractivity contribution is 6.74. The average molecular weight is 635 g/mol. The second kappa shape index (κ2) is 23.2. The van der Waals surface area contributed by atoms with E-state index in [-0.39, 0.29) is 5.78 Å². The van der Waals surface area contributed by atoms with Gasteiger partial charge in [-0.1, -0.05) is 90.9 Å². The summed E-state index contributed by atoms with van der Waals surface area (Å²) in [5.41, 5.74) is 0. The van der Waals surface area contributed by atoms with Crippen LogP contribution >= 0.6 is 0 Å². The molecule has 0 radical (unpaired) electrons. The van der Waals surface area contributed by atoms with Gasteiger partial charge in [0.15, 0.2) is 5.78 Å². The SMILES string of the molecule is CCCCCCCCC(C)(C(=O)C(C)(CCCCCCCC)[Si](OCC)(OCC)OCC)[Si](OCC)(OCC)OCC. The first-order valence-electron chi connectivity index (χ1n) is 17.5. The van der Waals surface area contributed by atoms with Crippen LogP contribution in [0.1, 0.15) is 159 Å². The van der Waals surface area contributed by atoms with Crippen molar-refractivity contribution in [3.8, 4) is 0 Å². The molecule has 0 saturated heterocycles. The van der Waals surface area contributed by atoms with E-state index in [1.807, 2.05) is 41.5 Å². The Hall–Kier alpha value is -0.136. The van der Waals surface area contributed by atoms with Crippen molar-refractivity contribution < 1.29 is 31.4 Å². The van der Waals surface area contributed by atoms with Crippen LogP contribution in [0.15, 0.2) is 0 Å². The Balaban J connectivity index is 6.98. The largest absolute Gasteiger partial charge is 0.514 e. The smallest absolute Gasteiger partial charge is 0.373 e. The van der Waals surface area contributed by atoms with E-state index in [4.69, 9.17) is 26.6 Å². The molecule has 0 amide bonds. The molecule has 0 aromatic heterocycles. The van der Waals surface area contributed by atoms with Crippen LogP contribution in [0.4, 0.5) is 0 Å². The number of Topliss-reactive ketones (excluding diaryl/α,β-unsaturated/α-hetero) is 1. The van der Waals surface area contributed by atoms with Crippen molar-refractivity contribution in [3.05, 3.63) is 0 Å². The summed E-state index contributed by atoms with van der Waals surface area (Å²) in [6.45, 7) is 22.9. The molecule has 2 unspecified atom stereocenters. The molecule has 0 aromatic carbocycles. The molecule has 0 aromatic rings. The Morgan fingerprint density at radius 3 is 0.905 bits per heavy atom. The first kappa shape index (κ1) is 41.9. The molecule has 0 heterocycles. The fourth-order valence-corrected chi connectivity index (χ4v) is 13.2. The minimum absolute atomic E-state index is 0.0705. The van der Waals surface area contributed by atoms with Crippen LogP contribution in [0.3, 0.4) is 0 Å². The van der Waals surface area contributed by atoms with Crippen molar-refractivity contribution in [2.45, 2.75) is 169 Å². The van der Waals surface area contributed by atoms with Crippen LogP contribution in [0.5, 0.6) is 0 Å². The van der Waals surface area contributed by atoms with Crippen LogP contribution in [-0.2, 0) is 31.4 Å². The van der Waals surface area contributed by atoms with Gasteiger partial charge in [-0.25, -0.2) is 0 Å². The summed E-state index contributed by atoms with van der Waals surface area (Å²) in [4.78, 5) is 15.6. The van der Waals surface area contributed by atoms with Crippen molar-refractivity contribution in [2.75, 3.05) is 39.6 Å². The summed E-state index contributed by atoms with van der Waals surface area (Å²) in [5.74, 6) is 0.0705. The molecular weight excluding hydrogens is 565 g/mol. The Kier molecular flexibility index (Phi) is 23.2. The second-order valence-corrected chi connectivity index (χ2v) is 17.9. The number of carbonyl (C=O) groups is 1. The molecule has 0 aliphatic rings. The van der Waals surface area contributed by atoms with Crippen molar-refractivity contribution in [3.63, 3.8) is 0 Å². The summed E-state index contributed by atoms with van der Waals surface area (Å²) in [5, 5.41) is -1.94. The van der Waals surface area contributed by atoms with Gasteiger partial charge < -0.3 is 26.6 Å². The molecule has 9 heteroatoms. The van der Waals surface area contributed by atoms with Gasteiger partial charge >= 0.3 is 17.6 Å². The van der Waals surface area contributed by atoms with Gasteiger partial charge in [-0.15, -0.1) is 0 Å². The van der Waals surface area contributed by atoms with Crippen LogP contribution < -0.4 is 0 Å². The van der Waals surface area contributed by atoms with Crippen LogP contribution in [0.2, 0.25) is 10.1 Å². The summed E-state index contributed by atoms with van der Waals surface area (Å²) >= 11 is 0. The van der Waals surface area contributed by atoms with Gasteiger partial charge in [-0.05, 0) is 68.2 Å². The number of hydrogen-bond acceptors (Lipinski definition) is 7. The van der Waals surface area contributed by atoms with E-state index in [2.05, 4.69) is 27.7 Å². The van der Waals surface area contributed by atoms with Crippen LogP contribution in [-0.4, -0.2) is 63.0 Å². The highest BCUT2D eigenvalue weighted by atomic mass is 28.4. The number of carbonyl (C=O) groups excluding carboxylic acids is 1. The molecule has 252 valence electrons. The molecule has 42 heavy (non-hydrogen) atoms. The molecule has 0 fully saturated rings. The molecule has 0 N–H and O–H groups in total. The Labute approximate surface area is 263 Å². The fourth-order valence-electron chi connectivity index (χ4n) is 6.28. The first-order valence-corrected chi connectivity index (χ1v) is 21.0. The number of rotatable bonds is 30. The van der Waals surface area contributed by atoms with Gasteiger partial charge in [0.05, 0.1) is 10.1 Å². The maximum atomic E-state index is 15.6. The van der Waals surface area contributed by atoms with Crippen LogP contribution in [0.25, 0.3) is 0 Å². The Bertz CT molecular complexity index is 593. The summed E-state index contributed by atoms with van der Waals surface area (Å²) in [7, 11) is -7.01. The lowest BCUT2D eigenvalue weighted by Crippen LogP contribution is -2.65. The minimum Gasteiger partial charge on any atom is -0.373 e. The molecular formula is C33H70O7Si2. The van der Waals surface area contributed by atoms with E-state index in [9.17, 15) is 0 Å². The lowest BCUT2D eigenvalue weighted by Gasteiger charge is -2.49. The van der Waals surface area contributed by atoms with Crippen molar-refractivity contribution in [1.29, 1.82) is 0 Å².